The molecule has 0 atom stereocenters. The highest BCUT2D eigenvalue weighted by Gasteiger charge is 2.36. The van der Waals surface area contributed by atoms with Crippen LogP contribution in [0.15, 0.2) is 41.4 Å². The average Bonchev–Trinajstić information content (AvgIpc) is 2.59. The van der Waals surface area contributed by atoms with E-state index in [9.17, 15) is 17.6 Å². The molecule has 140 valence electrons. The predicted octanol–water partition coefficient (Wildman–Crippen LogP) is 5.88. The third kappa shape index (κ3) is 4.66. The fourth-order valence-electron chi connectivity index (χ4n) is 2.20. The van der Waals surface area contributed by atoms with Crippen LogP contribution in [0.1, 0.15) is 12.5 Å². The molecule has 0 radical (unpaired) electrons. The maximum absolute atomic E-state index is 14.4. The Morgan fingerprint density at radius 3 is 2.27 bits per heavy atom. The molecular weight excluding hydrogens is 370 g/mol. The minimum absolute atomic E-state index is 0.305. The number of halogens is 5. The standard InChI is InChI=1S/C18H18ClF4N3/c1-4-25(2)11-24-16-9-14(18(21,22)23)17(10-15(16)20)26(3)13-7-5-12(19)6-8-13/h5-11H,4H2,1-3H3. The van der Waals surface area contributed by atoms with Crippen molar-refractivity contribution in [2.75, 3.05) is 25.5 Å². The number of hydrogen-bond acceptors (Lipinski definition) is 2. The first-order chi connectivity index (χ1) is 12.1. The van der Waals surface area contributed by atoms with Crippen molar-refractivity contribution >= 4 is 35.0 Å². The smallest absolute Gasteiger partial charge is 0.366 e. The molecule has 0 amide bonds. The first-order valence-electron chi connectivity index (χ1n) is 7.78. The van der Waals surface area contributed by atoms with Crippen LogP contribution in [0.4, 0.5) is 34.6 Å². The first-order valence-corrected chi connectivity index (χ1v) is 8.15. The Morgan fingerprint density at radius 2 is 1.73 bits per heavy atom. The van der Waals surface area contributed by atoms with E-state index in [0.717, 1.165) is 12.1 Å². The SMILES string of the molecule is CCN(C)C=Nc1cc(C(F)(F)F)c(N(C)c2ccc(Cl)cc2)cc1F. The average molecular weight is 388 g/mol. The summed E-state index contributed by atoms with van der Waals surface area (Å²) in [4.78, 5) is 6.71. The van der Waals surface area contributed by atoms with Gasteiger partial charge in [0, 0.05) is 37.4 Å². The monoisotopic (exact) mass is 387 g/mol. The zero-order chi connectivity index (χ0) is 19.5. The van der Waals surface area contributed by atoms with Crippen molar-refractivity contribution in [1.82, 2.24) is 4.90 Å². The zero-order valence-corrected chi connectivity index (χ0v) is 15.2. The molecule has 0 saturated heterocycles. The van der Waals surface area contributed by atoms with E-state index in [1.807, 2.05) is 6.92 Å². The Balaban J connectivity index is 2.53. The molecule has 26 heavy (non-hydrogen) atoms. The van der Waals surface area contributed by atoms with E-state index in [1.165, 1.54) is 18.3 Å². The van der Waals surface area contributed by atoms with Crippen LogP contribution in [0.5, 0.6) is 0 Å². The molecule has 2 aromatic carbocycles. The number of alkyl halides is 3. The van der Waals surface area contributed by atoms with E-state index in [4.69, 9.17) is 11.6 Å². The fraction of sp³-hybridized carbons (Fsp3) is 0.278. The Bertz CT molecular complexity index is 788. The normalized spacial score (nSPS) is 11.8. The van der Waals surface area contributed by atoms with E-state index in [0.29, 0.717) is 17.3 Å². The molecule has 0 heterocycles. The second-order valence-electron chi connectivity index (χ2n) is 5.67. The summed E-state index contributed by atoms with van der Waals surface area (Å²) in [5.74, 6) is -0.838. The maximum Gasteiger partial charge on any atom is 0.418 e. The molecule has 0 aromatic heterocycles. The molecule has 0 aliphatic heterocycles. The van der Waals surface area contributed by atoms with Crippen LogP contribution in [0, 0.1) is 5.82 Å². The lowest BCUT2D eigenvalue weighted by Gasteiger charge is -2.24. The van der Waals surface area contributed by atoms with Crippen LogP contribution in [0.25, 0.3) is 0 Å². The van der Waals surface area contributed by atoms with Crippen molar-refractivity contribution in [3.8, 4) is 0 Å². The molecular formula is C18H18ClF4N3. The molecule has 3 nitrogen and oxygen atoms in total. The lowest BCUT2D eigenvalue weighted by Crippen LogP contribution is -2.17. The summed E-state index contributed by atoms with van der Waals surface area (Å²) in [6, 6.07) is 7.78. The quantitative estimate of drug-likeness (QED) is 0.362. The van der Waals surface area contributed by atoms with Gasteiger partial charge in [0.1, 0.15) is 5.69 Å². The molecule has 0 bridgehead atoms. The van der Waals surface area contributed by atoms with Gasteiger partial charge in [0.25, 0.3) is 0 Å². The summed E-state index contributed by atoms with van der Waals surface area (Å²) in [7, 11) is 3.12. The Morgan fingerprint density at radius 1 is 1.12 bits per heavy atom. The van der Waals surface area contributed by atoms with Crippen LogP contribution in [0.3, 0.4) is 0 Å². The van der Waals surface area contributed by atoms with Crippen molar-refractivity contribution in [1.29, 1.82) is 0 Å². The third-order valence-corrected chi connectivity index (χ3v) is 4.09. The number of rotatable bonds is 5. The zero-order valence-electron chi connectivity index (χ0n) is 14.5. The molecule has 0 spiro atoms. The second kappa shape index (κ2) is 7.95. The van der Waals surface area contributed by atoms with E-state index in [1.54, 1.807) is 36.2 Å². The Kier molecular flexibility index (Phi) is 6.13. The number of nitrogens with zero attached hydrogens (tertiary/aromatic N) is 3. The molecule has 2 aromatic rings. The van der Waals surface area contributed by atoms with E-state index >= 15 is 0 Å². The van der Waals surface area contributed by atoms with Crippen LogP contribution < -0.4 is 4.90 Å². The minimum Gasteiger partial charge on any atom is -0.366 e. The van der Waals surface area contributed by atoms with Gasteiger partial charge in [-0.25, -0.2) is 9.38 Å². The van der Waals surface area contributed by atoms with Gasteiger partial charge in [-0.3, -0.25) is 0 Å². The van der Waals surface area contributed by atoms with Crippen LogP contribution in [-0.4, -0.2) is 31.9 Å². The number of anilines is 2. The van der Waals surface area contributed by atoms with Crippen molar-refractivity contribution < 1.29 is 17.6 Å². The molecule has 0 unspecified atom stereocenters. The lowest BCUT2D eigenvalue weighted by atomic mass is 10.1. The molecule has 0 aliphatic carbocycles. The molecule has 2 rings (SSSR count). The Labute approximate surface area is 154 Å². The summed E-state index contributed by atoms with van der Waals surface area (Å²) in [5, 5.41) is 0.453. The highest BCUT2D eigenvalue weighted by atomic mass is 35.5. The van der Waals surface area contributed by atoms with E-state index in [-0.39, 0.29) is 11.4 Å². The summed E-state index contributed by atoms with van der Waals surface area (Å²) >= 11 is 5.81. The van der Waals surface area contributed by atoms with Crippen LogP contribution in [-0.2, 0) is 6.18 Å². The van der Waals surface area contributed by atoms with Gasteiger partial charge in [-0.2, -0.15) is 13.2 Å². The highest BCUT2D eigenvalue weighted by molar-refractivity contribution is 6.30. The van der Waals surface area contributed by atoms with Gasteiger partial charge in [-0.05, 0) is 37.3 Å². The van der Waals surface area contributed by atoms with Crippen molar-refractivity contribution in [3.63, 3.8) is 0 Å². The number of hydrogen-bond donors (Lipinski definition) is 0. The van der Waals surface area contributed by atoms with Gasteiger partial charge in [0.05, 0.1) is 17.6 Å². The number of aliphatic imine (C=N–C) groups is 1. The van der Waals surface area contributed by atoms with E-state index < -0.39 is 17.6 Å². The lowest BCUT2D eigenvalue weighted by molar-refractivity contribution is -0.137. The maximum atomic E-state index is 14.4. The fourth-order valence-corrected chi connectivity index (χ4v) is 2.33. The van der Waals surface area contributed by atoms with Crippen molar-refractivity contribution in [3.05, 3.63) is 52.8 Å². The minimum atomic E-state index is -4.66. The summed E-state index contributed by atoms with van der Waals surface area (Å²) in [5.41, 5.74) is -1.20. The molecule has 8 heteroatoms. The molecule has 0 saturated carbocycles. The molecule has 0 fully saturated rings. The number of benzene rings is 2. The highest BCUT2D eigenvalue weighted by Crippen LogP contribution is 2.41. The van der Waals surface area contributed by atoms with Gasteiger partial charge in [0.15, 0.2) is 5.82 Å². The summed E-state index contributed by atoms with van der Waals surface area (Å²) in [6.07, 6.45) is -3.37. The largest absolute Gasteiger partial charge is 0.418 e. The van der Waals surface area contributed by atoms with Gasteiger partial charge < -0.3 is 9.80 Å². The molecule has 0 aliphatic rings. The first kappa shape index (κ1) is 20.0. The van der Waals surface area contributed by atoms with Crippen LogP contribution >= 0.6 is 11.6 Å². The Hall–Kier alpha value is -2.28. The third-order valence-electron chi connectivity index (χ3n) is 3.84. The molecule has 0 N–H and O–H groups in total. The van der Waals surface area contributed by atoms with Gasteiger partial charge in [0.2, 0.25) is 0 Å². The predicted molar refractivity (Wildman–Crippen MR) is 97.4 cm³/mol. The van der Waals surface area contributed by atoms with Gasteiger partial charge in [-0.1, -0.05) is 11.6 Å². The van der Waals surface area contributed by atoms with E-state index in [2.05, 4.69) is 4.99 Å². The van der Waals surface area contributed by atoms with Crippen molar-refractivity contribution in [2.45, 2.75) is 13.1 Å². The van der Waals surface area contributed by atoms with Gasteiger partial charge >= 0.3 is 6.18 Å². The summed E-state index contributed by atoms with van der Waals surface area (Å²) in [6.45, 7) is 2.43. The van der Waals surface area contributed by atoms with Gasteiger partial charge in [-0.15, -0.1) is 0 Å². The van der Waals surface area contributed by atoms with Crippen molar-refractivity contribution in [2.24, 2.45) is 4.99 Å². The second-order valence-corrected chi connectivity index (χ2v) is 6.11. The van der Waals surface area contributed by atoms with Crippen LogP contribution in [0.2, 0.25) is 5.02 Å². The summed E-state index contributed by atoms with van der Waals surface area (Å²) < 4.78 is 55.0. The topological polar surface area (TPSA) is 18.8 Å².